The number of nitro groups is 1. The number of piperidine rings is 2. The molecule has 0 spiro atoms. The molecule has 4 rings (SSSR count). The van der Waals surface area contributed by atoms with Gasteiger partial charge in [-0.2, -0.15) is 26.3 Å². The molecule has 2 aromatic carbocycles. The monoisotopic (exact) mass is 604 g/mol. The van der Waals surface area contributed by atoms with Crippen LogP contribution in [-0.4, -0.2) is 81.2 Å². The Morgan fingerprint density at radius 3 is 1.62 bits per heavy atom. The van der Waals surface area contributed by atoms with Crippen molar-refractivity contribution in [3.05, 3.63) is 57.6 Å². The van der Waals surface area contributed by atoms with Crippen molar-refractivity contribution in [2.24, 2.45) is 0 Å². The highest BCUT2D eigenvalue weighted by Gasteiger charge is 2.35. The van der Waals surface area contributed by atoms with E-state index in [-0.39, 0.29) is 17.4 Å². The van der Waals surface area contributed by atoms with Crippen LogP contribution in [0.25, 0.3) is 0 Å². The second-order valence-electron chi connectivity index (χ2n) is 11.1. The fraction of sp³-hybridized carbons (Fsp3) is 0.571. The molecular formula is C28H38F6N6O2. The highest BCUT2D eigenvalue weighted by molar-refractivity contribution is 5.69. The first-order valence-corrected chi connectivity index (χ1v) is 13.6. The largest absolute Gasteiger partial charge is 0.416 e. The predicted molar refractivity (Wildman–Crippen MR) is 152 cm³/mol. The lowest BCUT2D eigenvalue weighted by molar-refractivity contribution is -0.384. The van der Waals surface area contributed by atoms with Crippen molar-refractivity contribution in [1.82, 2.24) is 9.80 Å². The van der Waals surface area contributed by atoms with Crippen LogP contribution < -0.4 is 15.5 Å². The van der Waals surface area contributed by atoms with Gasteiger partial charge in [-0.15, -0.1) is 0 Å². The topological polar surface area (TPSA) is 82.1 Å². The zero-order chi connectivity index (χ0) is 31.4. The van der Waals surface area contributed by atoms with Gasteiger partial charge in [-0.25, -0.2) is 0 Å². The van der Waals surface area contributed by atoms with Gasteiger partial charge in [0.1, 0.15) is 5.69 Å². The summed E-state index contributed by atoms with van der Waals surface area (Å²) in [6.45, 7) is 2.80. The highest BCUT2D eigenvalue weighted by Crippen LogP contribution is 2.38. The molecule has 14 heteroatoms. The molecule has 2 aliphatic rings. The molecule has 2 saturated heterocycles. The van der Waals surface area contributed by atoms with Crippen LogP contribution in [0.4, 0.5) is 49.1 Å². The van der Waals surface area contributed by atoms with Crippen LogP contribution in [0.2, 0.25) is 0 Å². The van der Waals surface area contributed by atoms with Crippen molar-refractivity contribution < 1.29 is 31.3 Å². The maximum absolute atomic E-state index is 12.7. The van der Waals surface area contributed by atoms with Crippen molar-refractivity contribution in [3.63, 3.8) is 0 Å². The molecule has 8 nitrogen and oxygen atoms in total. The van der Waals surface area contributed by atoms with Crippen molar-refractivity contribution >= 4 is 22.7 Å². The summed E-state index contributed by atoms with van der Waals surface area (Å²) in [6.07, 6.45) is -5.00. The summed E-state index contributed by atoms with van der Waals surface area (Å²) in [6, 6.07) is 6.98. The molecule has 2 atom stereocenters. The van der Waals surface area contributed by atoms with Crippen LogP contribution in [0.15, 0.2) is 36.4 Å². The smallest absolute Gasteiger partial charge is 0.397 e. The number of halogens is 6. The summed E-state index contributed by atoms with van der Waals surface area (Å²) in [5.74, 6) is 0. The molecule has 2 N–H and O–H groups in total. The summed E-state index contributed by atoms with van der Waals surface area (Å²) in [5.41, 5.74) is 4.78. The third-order valence-corrected chi connectivity index (χ3v) is 7.79. The standard InChI is InChI=1S/C14H18F3N3O2.C14H20F3N3/c1-18(2)11-4-3-7-19(9-11)12-6-5-10(14(15,16)17)8-13(12)20(21)22;1-19(2)11-4-3-7-20(9-11)13-6-5-10(8-12(13)18)14(15,16)17/h5-6,8,11H,3-4,7,9H2,1-2H3;5-6,8,11H,3-4,7,9,18H2,1-2H3/t2*11-/m00/s1. The van der Waals surface area contributed by atoms with Gasteiger partial charge in [-0.1, -0.05) is 0 Å². The number of hydrogen-bond donors (Lipinski definition) is 1. The lowest BCUT2D eigenvalue weighted by Crippen LogP contribution is -2.45. The molecule has 0 aromatic heterocycles. The molecule has 42 heavy (non-hydrogen) atoms. The first-order chi connectivity index (χ1) is 19.5. The molecule has 0 saturated carbocycles. The normalized spacial score (nSPS) is 20.0. The maximum atomic E-state index is 12.7. The van der Waals surface area contributed by atoms with E-state index < -0.39 is 34.1 Å². The number of rotatable bonds is 5. The third-order valence-electron chi connectivity index (χ3n) is 7.79. The number of nitrogen functional groups attached to an aromatic ring is 1. The molecule has 0 unspecified atom stereocenters. The van der Waals surface area contributed by atoms with Gasteiger partial charge in [-0.3, -0.25) is 10.1 Å². The summed E-state index contributed by atoms with van der Waals surface area (Å²) >= 11 is 0. The summed E-state index contributed by atoms with van der Waals surface area (Å²) < 4.78 is 76.1. The predicted octanol–water partition coefficient (Wildman–Crippen LogP) is 5.96. The average Bonchev–Trinajstić information content (AvgIpc) is 2.92. The van der Waals surface area contributed by atoms with E-state index in [0.717, 1.165) is 57.0 Å². The first kappa shape index (κ1) is 33.2. The van der Waals surface area contributed by atoms with Gasteiger partial charge in [0.25, 0.3) is 5.69 Å². The first-order valence-electron chi connectivity index (χ1n) is 13.6. The number of anilines is 3. The molecule has 2 aliphatic heterocycles. The van der Waals surface area contributed by atoms with Crippen molar-refractivity contribution in [2.75, 3.05) is 69.9 Å². The Kier molecular flexibility index (Phi) is 10.6. The summed E-state index contributed by atoms with van der Waals surface area (Å²) in [5, 5.41) is 11.2. The fourth-order valence-electron chi connectivity index (χ4n) is 5.32. The van der Waals surface area contributed by atoms with Gasteiger partial charge in [0, 0.05) is 44.3 Å². The SMILES string of the molecule is CN(C)[C@H]1CCCN(c2ccc(C(F)(F)F)cc2N)C1.CN(C)[C@H]1CCCN(c2ccc(C(F)(F)F)cc2[N+](=O)[O-])C1. The van der Waals surface area contributed by atoms with Gasteiger partial charge in [-0.05, 0) is 84.2 Å². The Bertz CT molecular complexity index is 1220. The van der Waals surface area contributed by atoms with Crippen LogP contribution >= 0.6 is 0 Å². The van der Waals surface area contributed by atoms with E-state index >= 15 is 0 Å². The van der Waals surface area contributed by atoms with Crippen molar-refractivity contribution in [1.29, 1.82) is 0 Å². The molecule has 0 bridgehead atoms. The Balaban J connectivity index is 0.000000231. The highest BCUT2D eigenvalue weighted by atomic mass is 19.4. The second-order valence-corrected chi connectivity index (χ2v) is 11.1. The van der Waals surface area contributed by atoms with Gasteiger partial charge in [0.15, 0.2) is 0 Å². The molecule has 234 valence electrons. The lowest BCUT2D eigenvalue weighted by Gasteiger charge is -2.38. The molecule has 2 aromatic rings. The minimum atomic E-state index is -4.59. The molecule has 0 radical (unpaired) electrons. The number of likely N-dealkylation sites (N-methyl/N-ethyl adjacent to an activating group) is 2. The molecule has 0 aliphatic carbocycles. The van der Waals surface area contributed by atoms with Crippen LogP contribution in [0.5, 0.6) is 0 Å². The van der Waals surface area contributed by atoms with E-state index in [1.54, 1.807) is 4.90 Å². The van der Waals surface area contributed by atoms with Gasteiger partial charge >= 0.3 is 12.4 Å². The van der Waals surface area contributed by atoms with E-state index in [9.17, 15) is 36.5 Å². The number of benzene rings is 2. The number of hydrogen-bond acceptors (Lipinski definition) is 7. The van der Waals surface area contributed by atoms with Crippen LogP contribution in [-0.2, 0) is 12.4 Å². The van der Waals surface area contributed by atoms with Crippen LogP contribution in [0, 0.1) is 10.1 Å². The minimum Gasteiger partial charge on any atom is -0.397 e. The second kappa shape index (κ2) is 13.4. The maximum Gasteiger partial charge on any atom is 0.416 e. The summed E-state index contributed by atoms with van der Waals surface area (Å²) in [4.78, 5) is 18.5. The Morgan fingerprint density at radius 2 is 1.21 bits per heavy atom. The van der Waals surface area contributed by atoms with E-state index in [0.29, 0.717) is 30.9 Å². The third kappa shape index (κ3) is 8.40. The van der Waals surface area contributed by atoms with E-state index in [2.05, 4.69) is 9.80 Å². The average molecular weight is 605 g/mol. The zero-order valence-electron chi connectivity index (χ0n) is 24.2. The Labute approximate surface area is 241 Å². The zero-order valence-corrected chi connectivity index (χ0v) is 24.2. The molecule has 2 fully saturated rings. The number of nitro benzene ring substituents is 1. The lowest BCUT2D eigenvalue weighted by atomic mass is 10.0. The van der Waals surface area contributed by atoms with E-state index in [1.807, 2.05) is 33.1 Å². The van der Waals surface area contributed by atoms with E-state index in [1.165, 1.54) is 12.1 Å². The minimum absolute atomic E-state index is 0.194. The Hall–Kier alpha value is -3.26. The molecule has 2 heterocycles. The summed E-state index contributed by atoms with van der Waals surface area (Å²) in [7, 11) is 7.89. The quantitative estimate of drug-likeness (QED) is 0.195. The molecule has 0 amide bonds. The number of nitrogens with two attached hydrogens (primary N) is 1. The van der Waals surface area contributed by atoms with Crippen molar-refractivity contribution in [3.8, 4) is 0 Å². The Morgan fingerprint density at radius 1 is 0.786 bits per heavy atom. The van der Waals surface area contributed by atoms with E-state index in [4.69, 9.17) is 5.73 Å². The number of nitrogens with zero attached hydrogens (tertiary/aromatic N) is 5. The fourth-order valence-corrected chi connectivity index (χ4v) is 5.32. The van der Waals surface area contributed by atoms with Gasteiger partial charge in [0.05, 0.1) is 27.4 Å². The van der Waals surface area contributed by atoms with Gasteiger partial charge in [0.2, 0.25) is 0 Å². The van der Waals surface area contributed by atoms with Crippen molar-refractivity contribution in [2.45, 2.75) is 50.1 Å². The van der Waals surface area contributed by atoms with Crippen LogP contribution in [0.1, 0.15) is 36.8 Å². The number of alkyl halides is 6. The van der Waals surface area contributed by atoms with Crippen LogP contribution in [0.3, 0.4) is 0 Å². The molecular weight excluding hydrogens is 566 g/mol. The van der Waals surface area contributed by atoms with Gasteiger partial charge < -0.3 is 25.3 Å².